The van der Waals surface area contributed by atoms with Crippen LogP contribution in [-0.4, -0.2) is 60.6 Å². The van der Waals surface area contributed by atoms with Gasteiger partial charge in [-0.1, -0.05) is 27.1 Å². The summed E-state index contributed by atoms with van der Waals surface area (Å²) in [5, 5.41) is 25.1. The Morgan fingerprint density at radius 3 is 1.81 bits per heavy atom. The Balaban J connectivity index is -0.0000000994. The van der Waals surface area contributed by atoms with Crippen molar-refractivity contribution < 1.29 is 54.1 Å². The van der Waals surface area contributed by atoms with Crippen LogP contribution in [0.4, 0.5) is 0 Å². The first-order chi connectivity index (χ1) is 14.1. The number of ether oxygens (including phenoxy) is 1. The first-order valence-electron chi connectivity index (χ1n) is 8.95. The van der Waals surface area contributed by atoms with E-state index in [9.17, 15) is 9.59 Å². The van der Waals surface area contributed by atoms with Crippen LogP contribution < -0.4 is 29.6 Å². The van der Waals surface area contributed by atoms with Gasteiger partial charge in [0.1, 0.15) is 11.4 Å². The maximum Gasteiger partial charge on any atom is 1.00 e. The molecule has 2 N–H and O–H groups in total. The van der Waals surface area contributed by atoms with Crippen LogP contribution in [0.15, 0.2) is 12.4 Å². The van der Waals surface area contributed by atoms with Crippen molar-refractivity contribution in [3.63, 3.8) is 0 Å². The fourth-order valence-corrected chi connectivity index (χ4v) is 1.13. The molecule has 11 nitrogen and oxygen atoms in total. The van der Waals surface area contributed by atoms with Gasteiger partial charge < -0.3 is 26.0 Å². The minimum Gasteiger partial charge on any atom is -0.469 e. The smallest absolute Gasteiger partial charge is 0.469 e. The number of carbonyl (C=O) groups excluding carboxylic acids is 2. The molecule has 13 heteroatoms. The number of aromatic nitrogens is 3. The number of ketones is 1. The number of Topliss-reactive ketones (excluding diaryl/α,β-unsaturated/α-hetero) is 1. The largest absolute Gasteiger partial charge is 1.00 e. The number of alkyl halides is 1. The zero-order valence-electron chi connectivity index (χ0n) is 20.2. The summed E-state index contributed by atoms with van der Waals surface area (Å²) in [7, 11) is 1.38. The number of nitrogens with zero attached hydrogens (tertiary/aromatic N) is 6. The van der Waals surface area contributed by atoms with Gasteiger partial charge in [-0.2, -0.15) is 0 Å². The third-order valence-corrected chi connectivity index (χ3v) is 2.44. The molecule has 178 valence electrons. The van der Waals surface area contributed by atoms with Gasteiger partial charge in [0.2, 0.25) is 0 Å². The minimum atomic E-state index is -0.931. The molecular formula is C19H34BrN6NaO5. The Morgan fingerprint density at radius 1 is 1.22 bits per heavy atom. The van der Waals surface area contributed by atoms with Gasteiger partial charge in [0.05, 0.1) is 25.3 Å². The van der Waals surface area contributed by atoms with Crippen molar-refractivity contribution in [2.24, 2.45) is 0 Å². The molecule has 0 unspecified atom stereocenters. The molecule has 0 aliphatic rings. The van der Waals surface area contributed by atoms with Gasteiger partial charge in [-0.05, 0) is 41.5 Å². The minimum absolute atomic E-state index is 0. The van der Waals surface area contributed by atoms with Crippen LogP contribution in [0.3, 0.4) is 0 Å². The summed E-state index contributed by atoms with van der Waals surface area (Å²) in [5.41, 5.74) is 12.1. The van der Waals surface area contributed by atoms with Crippen LogP contribution in [0.5, 0.6) is 0 Å². The summed E-state index contributed by atoms with van der Waals surface area (Å²) in [6.07, 6.45) is 9.13. The Hall–Kier alpha value is -1.45. The van der Waals surface area contributed by atoms with Crippen molar-refractivity contribution in [3.8, 4) is 12.3 Å². The average molecular weight is 529 g/mol. The number of rotatable bonds is 5. The van der Waals surface area contributed by atoms with E-state index in [1.54, 1.807) is 58.6 Å². The number of hydrogen-bond donors (Lipinski definition) is 2. The Kier molecular flexibility index (Phi) is 33.0. The van der Waals surface area contributed by atoms with Crippen molar-refractivity contribution >= 4 is 27.7 Å². The molecule has 0 saturated carbocycles. The van der Waals surface area contributed by atoms with E-state index in [4.69, 9.17) is 27.7 Å². The molecule has 1 aromatic rings. The number of aliphatic hydroxyl groups is 2. The van der Waals surface area contributed by atoms with Crippen LogP contribution in [0.2, 0.25) is 0 Å². The van der Waals surface area contributed by atoms with Crippen LogP contribution >= 0.6 is 15.9 Å². The van der Waals surface area contributed by atoms with Gasteiger partial charge in [0, 0.05) is 24.5 Å². The third kappa shape index (κ3) is 63.0. The molecule has 32 heavy (non-hydrogen) atoms. The summed E-state index contributed by atoms with van der Waals surface area (Å²) in [6, 6.07) is 0. The van der Waals surface area contributed by atoms with E-state index in [1.807, 2.05) is 0 Å². The van der Waals surface area contributed by atoms with Gasteiger partial charge in [0.15, 0.2) is 0 Å². The zero-order valence-corrected chi connectivity index (χ0v) is 23.8. The van der Waals surface area contributed by atoms with E-state index in [1.165, 1.54) is 12.0 Å². The number of carbonyl (C=O) groups is 2. The average Bonchev–Trinajstić information content (AvgIpc) is 3.13. The summed E-state index contributed by atoms with van der Waals surface area (Å²) in [6.45, 7) is 10.6. The number of esters is 1. The van der Waals surface area contributed by atoms with Gasteiger partial charge >= 0.3 is 35.5 Å². The number of hydrogen-bond acceptors (Lipinski definition) is 7. The van der Waals surface area contributed by atoms with Crippen molar-refractivity contribution in [2.45, 2.75) is 72.1 Å². The van der Waals surface area contributed by atoms with E-state index in [-0.39, 0.29) is 41.3 Å². The molecule has 1 aromatic heterocycles. The van der Waals surface area contributed by atoms with Gasteiger partial charge in [-0.15, -0.1) is 11.5 Å². The Bertz CT molecular complexity index is 641. The summed E-state index contributed by atoms with van der Waals surface area (Å²) in [5.74, 6) is 2.17. The Labute approximate surface area is 221 Å². The molecule has 1 rings (SSSR count). The van der Waals surface area contributed by atoms with Crippen molar-refractivity contribution in [1.29, 1.82) is 0 Å². The summed E-state index contributed by atoms with van der Waals surface area (Å²) in [4.78, 5) is 22.1. The maximum absolute atomic E-state index is 10.5. The monoisotopic (exact) mass is 528 g/mol. The molecule has 0 fully saturated rings. The molecule has 1 heterocycles. The van der Waals surface area contributed by atoms with Crippen molar-refractivity contribution in [2.75, 3.05) is 12.4 Å². The molecular weight excluding hydrogens is 495 g/mol. The molecule has 0 saturated heterocycles. The van der Waals surface area contributed by atoms with Gasteiger partial charge in [0.25, 0.3) is 0 Å². The normalized spacial score (nSPS) is 8.91. The Morgan fingerprint density at radius 2 is 1.62 bits per heavy atom. The first kappa shape index (κ1) is 40.9. The van der Waals surface area contributed by atoms with E-state index < -0.39 is 11.2 Å². The second-order valence-electron chi connectivity index (χ2n) is 7.10. The zero-order chi connectivity index (χ0) is 25.5. The predicted octanol–water partition coefficient (Wildman–Crippen LogP) is 0.239. The molecule has 0 atom stereocenters. The van der Waals surface area contributed by atoms with Crippen LogP contribution in [0.1, 0.15) is 54.4 Å². The fourth-order valence-electron chi connectivity index (χ4n) is 0.803. The topological polar surface area (TPSA) is 173 Å². The molecule has 0 aliphatic carbocycles. The molecule has 0 radical (unpaired) electrons. The van der Waals surface area contributed by atoms with Crippen molar-refractivity contribution in [3.05, 3.63) is 28.4 Å². The fraction of sp³-hybridized carbons (Fsp3) is 0.684. The standard InChI is InChI=1S/C6H9N3O.C5H8O.C4H7BrO2.C4H10O.N3.Na/c1-6(10)2-4-9-5-3-7-8-9;1-4-5(2,3)6;1-7-4(6)2-3-5;1-4(2,3)5;1-3-2;/h3,5H,2,4H2,1H3;1,6H,2-3H3;2-3H2,1H3;5H,1-3H3;;/q;;;;-1;+1. The number of halogens is 1. The molecule has 0 aliphatic heterocycles. The summed E-state index contributed by atoms with van der Waals surface area (Å²) < 4.78 is 5.96. The quantitative estimate of drug-likeness (QED) is 0.105. The third-order valence-electron chi connectivity index (χ3n) is 2.04. The van der Waals surface area contributed by atoms with E-state index in [0.717, 1.165) is 0 Å². The maximum atomic E-state index is 10.5. The van der Waals surface area contributed by atoms with Crippen molar-refractivity contribution in [1.82, 2.24) is 15.0 Å². The van der Waals surface area contributed by atoms with Crippen LogP contribution in [0.25, 0.3) is 16.0 Å². The summed E-state index contributed by atoms with van der Waals surface area (Å²) >= 11 is 3.09. The van der Waals surface area contributed by atoms with E-state index >= 15 is 0 Å². The predicted molar refractivity (Wildman–Crippen MR) is 123 cm³/mol. The second-order valence-corrected chi connectivity index (χ2v) is 7.89. The molecule has 0 aromatic carbocycles. The number of terminal acetylenes is 1. The van der Waals surface area contributed by atoms with Gasteiger partial charge in [-0.25, -0.2) is 0 Å². The number of methoxy groups -OCH3 is 1. The van der Waals surface area contributed by atoms with Gasteiger partial charge in [-0.3, -0.25) is 19.2 Å². The number of aryl methyl sites for hydroxylation is 1. The molecule has 0 amide bonds. The van der Waals surface area contributed by atoms with Crippen LogP contribution in [-0.2, 0) is 20.9 Å². The first-order valence-corrected chi connectivity index (χ1v) is 10.1. The molecule has 0 spiro atoms. The van der Waals surface area contributed by atoms with E-state index in [2.05, 4.69) is 36.9 Å². The molecule has 0 bridgehead atoms. The SMILES string of the molecule is C#CC(C)(C)O.CC(=O)CCn1ccnn1.CC(C)(C)O.COC(=O)CCBr.[N-]=[N+]=[N-].[Na+]. The van der Waals surface area contributed by atoms with E-state index in [0.29, 0.717) is 24.7 Å². The van der Waals surface area contributed by atoms with Crippen LogP contribution in [0, 0.1) is 12.3 Å². The second kappa shape index (κ2) is 25.8.